The third-order valence-corrected chi connectivity index (χ3v) is 5.44. The van der Waals surface area contributed by atoms with E-state index >= 15 is 0 Å². The van der Waals surface area contributed by atoms with Gasteiger partial charge in [0.05, 0.1) is 31.0 Å². The van der Waals surface area contributed by atoms with Crippen LogP contribution >= 0.6 is 0 Å². The number of carbonyl (C=O) groups excluding carboxylic acids is 1. The number of nitrogens with one attached hydrogen (secondary N) is 2. The Kier molecular flexibility index (Phi) is 6.29. The summed E-state index contributed by atoms with van der Waals surface area (Å²) in [7, 11) is 1.82. The molecule has 31 heavy (non-hydrogen) atoms. The Morgan fingerprint density at radius 2 is 2.16 bits per heavy atom. The maximum atomic E-state index is 12.9. The van der Waals surface area contributed by atoms with Gasteiger partial charge in [0.25, 0.3) is 5.91 Å². The van der Waals surface area contributed by atoms with Crippen molar-refractivity contribution in [1.29, 1.82) is 0 Å². The number of carbonyl (C=O) groups is 1. The van der Waals surface area contributed by atoms with Crippen molar-refractivity contribution in [3.8, 4) is 11.3 Å². The fourth-order valence-electron chi connectivity index (χ4n) is 3.71. The number of aromatic nitrogens is 3. The number of rotatable bonds is 7. The van der Waals surface area contributed by atoms with Crippen molar-refractivity contribution >= 4 is 11.9 Å². The van der Waals surface area contributed by atoms with Crippen LogP contribution in [0.15, 0.2) is 48.8 Å². The third kappa shape index (κ3) is 4.76. The SMILES string of the molecule is Cc1cnc(N[C@H]2CCOC2)nc1-c1cc(C(=O)N[C@H](CO)c2ccccc2)n(C)c1. The lowest BCUT2D eigenvalue weighted by Crippen LogP contribution is -2.31. The molecule has 3 aromatic rings. The highest BCUT2D eigenvalue weighted by atomic mass is 16.5. The number of hydrogen-bond donors (Lipinski definition) is 3. The summed E-state index contributed by atoms with van der Waals surface area (Å²) in [5.74, 6) is 0.292. The molecule has 1 aliphatic rings. The highest BCUT2D eigenvalue weighted by Gasteiger charge is 2.20. The molecule has 8 heteroatoms. The number of aliphatic hydroxyl groups excluding tert-OH is 1. The summed E-state index contributed by atoms with van der Waals surface area (Å²) in [5, 5.41) is 16.0. The topological polar surface area (TPSA) is 101 Å². The van der Waals surface area contributed by atoms with Gasteiger partial charge in [-0.3, -0.25) is 4.79 Å². The molecule has 162 valence electrons. The van der Waals surface area contributed by atoms with E-state index in [1.54, 1.807) is 10.8 Å². The molecule has 2 atom stereocenters. The van der Waals surface area contributed by atoms with Crippen LogP contribution < -0.4 is 10.6 Å². The normalized spacial score (nSPS) is 16.8. The molecule has 1 amide bonds. The summed E-state index contributed by atoms with van der Waals surface area (Å²) in [6.07, 6.45) is 4.59. The van der Waals surface area contributed by atoms with Gasteiger partial charge < -0.3 is 25.0 Å². The van der Waals surface area contributed by atoms with Crippen molar-refractivity contribution < 1.29 is 14.6 Å². The number of ether oxygens (including phenoxy) is 1. The number of hydrogen-bond acceptors (Lipinski definition) is 6. The molecule has 1 aliphatic heterocycles. The lowest BCUT2D eigenvalue weighted by molar-refractivity contribution is 0.0908. The van der Waals surface area contributed by atoms with Crippen molar-refractivity contribution in [2.75, 3.05) is 25.1 Å². The van der Waals surface area contributed by atoms with Crippen LogP contribution in [0.25, 0.3) is 11.3 Å². The first kappa shape index (κ1) is 21.0. The maximum Gasteiger partial charge on any atom is 0.268 e. The highest BCUT2D eigenvalue weighted by molar-refractivity contribution is 5.94. The first-order valence-corrected chi connectivity index (χ1v) is 10.4. The minimum Gasteiger partial charge on any atom is -0.394 e. The fraction of sp³-hybridized carbons (Fsp3) is 0.348. The van der Waals surface area contributed by atoms with Crippen molar-refractivity contribution in [3.63, 3.8) is 0 Å². The summed E-state index contributed by atoms with van der Waals surface area (Å²) < 4.78 is 7.17. The van der Waals surface area contributed by atoms with Crippen molar-refractivity contribution in [2.24, 2.45) is 7.05 Å². The standard InChI is InChI=1S/C23H27N5O3/c1-15-11-24-23(25-18-8-9-31-14-18)27-21(15)17-10-20(28(2)12-17)22(30)26-19(13-29)16-6-4-3-5-7-16/h3-7,10-12,18-19,29H,8-9,13-14H2,1-2H3,(H,26,30)(H,24,25,27)/t18-,19+/m0/s1. The lowest BCUT2D eigenvalue weighted by Gasteiger charge is -2.16. The first-order valence-electron chi connectivity index (χ1n) is 10.4. The average molecular weight is 422 g/mol. The van der Waals surface area contributed by atoms with Gasteiger partial charge in [0.15, 0.2) is 0 Å². The van der Waals surface area contributed by atoms with Gasteiger partial charge in [-0.2, -0.15) is 0 Å². The van der Waals surface area contributed by atoms with Crippen molar-refractivity contribution in [2.45, 2.75) is 25.4 Å². The van der Waals surface area contributed by atoms with Crippen LogP contribution in [-0.4, -0.2) is 51.4 Å². The van der Waals surface area contributed by atoms with Crippen molar-refractivity contribution in [3.05, 3.63) is 65.6 Å². The predicted molar refractivity (Wildman–Crippen MR) is 118 cm³/mol. The van der Waals surface area contributed by atoms with Crippen LogP contribution in [0, 0.1) is 6.92 Å². The Morgan fingerprint density at radius 1 is 1.35 bits per heavy atom. The molecule has 0 aliphatic carbocycles. The van der Waals surface area contributed by atoms with Crippen LogP contribution in [-0.2, 0) is 11.8 Å². The van der Waals surface area contributed by atoms with E-state index in [0.717, 1.165) is 35.4 Å². The monoisotopic (exact) mass is 421 g/mol. The summed E-state index contributed by atoms with van der Waals surface area (Å²) in [5.41, 5.74) is 3.86. The molecule has 0 unspecified atom stereocenters. The summed E-state index contributed by atoms with van der Waals surface area (Å²) in [6.45, 7) is 3.15. The van der Waals surface area contributed by atoms with Gasteiger partial charge in [-0.05, 0) is 30.5 Å². The van der Waals surface area contributed by atoms with E-state index in [-0.39, 0.29) is 18.6 Å². The molecule has 0 spiro atoms. The van der Waals surface area contributed by atoms with Gasteiger partial charge in [-0.25, -0.2) is 9.97 Å². The third-order valence-electron chi connectivity index (χ3n) is 5.44. The molecule has 4 rings (SSSR count). The molecular formula is C23H27N5O3. The van der Waals surface area contributed by atoms with Gasteiger partial charge >= 0.3 is 0 Å². The van der Waals surface area contributed by atoms with Gasteiger partial charge in [0.2, 0.25) is 5.95 Å². The Bertz CT molecular complexity index is 1040. The van der Waals surface area contributed by atoms with E-state index in [4.69, 9.17) is 4.74 Å². The summed E-state index contributed by atoms with van der Waals surface area (Å²) in [4.78, 5) is 22.0. The van der Waals surface area contributed by atoms with E-state index in [1.165, 1.54) is 0 Å². The second-order valence-electron chi connectivity index (χ2n) is 7.77. The molecule has 1 aromatic carbocycles. The Morgan fingerprint density at radius 3 is 2.87 bits per heavy atom. The molecular weight excluding hydrogens is 394 g/mol. The zero-order chi connectivity index (χ0) is 21.8. The predicted octanol–water partition coefficient (Wildman–Crippen LogP) is 2.45. The van der Waals surface area contributed by atoms with E-state index < -0.39 is 6.04 Å². The number of anilines is 1. The van der Waals surface area contributed by atoms with Gasteiger partial charge in [0.1, 0.15) is 5.69 Å². The molecule has 0 saturated carbocycles. The Labute approximate surface area is 181 Å². The number of benzene rings is 1. The zero-order valence-corrected chi connectivity index (χ0v) is 17.7. The molecule has 3 heterocycles. The van der Waals surface area contributed by atoms with E-state index in [9.17, 15) is 9.90 Å². The molecule has 2 aromatic heterocycles. The average Bonchev–Trinajstić information content (AvgIpc) is 3.43. The minimum atomic E-state index is -0.475. The van der Waals surface area contributed by atoms with Crippen LogP contribution in [0.5, 0.6) is 0 Å². The van der Waals surface area contributed by atoms with Gasteiger partial charge in [0, 0.05) is 31.6 Å². The largest absolute Gasteiger partial charge is 0.394 e. The smallest absolute Gasteiger partial charge is 0.268 e. The van der Waals surface area contributed by atoms with Crippen LogP contribution in [0.2, 0.25) is 0 Å². The molecule has 1 fully saturated rings. The number of amides is 1. The highest BCUT2D eigenvalue weighted by Crippen LogP contribution is 2.25. The van der Waals surface area contributed by atoms with Crippen LogP contribution in [0.3, 0.4) is 0 Å². The second-order valence-corrected chi connectivity index (χ2v) is 7.77. The van der Waals surface area contributed by atoms with E-state index in [0.29, 0.717) is 18.2 Å². The molecule has 3 N–H and O–H groups in total. The van der Waals surface area contributed by atoms with E-state index in [1.807, 2.05) is 56.6 Å². The molecule has 1 saturated heterocycles. The summed E-state index contributed by atoms with van der Waals surface area (Å²) >= 11 is 0. The quantitative estimate of drug-likeness (QED) is 0.542. The van der Waals surface area contributed by atoms with Gasteiger partial charge in [-0.15, -0.1) is 0 Å². The van der Waals surface area contributed by atoms with Crippen molar-refractivity contribution in [1.82, 2.24) is 19.9 Å². The Balaban J connectivity index is 1.55. The van der Waals surface area contributed by atoms with Crippen LogP contribution in [0.1, 0.15) is 34.1 Å². The maximum absolute atomic E-state index is 12.9. The summed E-state index contributed by atoms with van der Waals surface area (Å²) in [6, 6.07) is 11.0. The second kappa shape index (κ2) is 9.28. The zero-order valence-electron chi connectivity index (χ0n) is 17.7. The number of aliphatic hydroxyl groups is 1. The first-order chi connectivity index (χ1) is 15.0. The molecule has 8 nitrogen and oxygen atoms in total. The minimum absolute atomic E-state index is 0.183. The number of aryl methyl sites for hydroxylation is 2. The van der Waals surface area contributed by atoms with E-state index in [2.05, 4.69) is 20.6 Å². The lowest BCUT2D eigenvalue weighted by atomic mass is 10.1. The molecule has 0 bridgehead atoms. The fourth-order valence-corrected chi connectivity index (χ4v) is 3.71. The Hall–Kier alpha value is -3.23. The van der Waals surface area contributed by atoms with Crippen LogP contribution in [0.4, 0.5) is 5.95 Å². The number of nitrogens with zero attached hydrogens (tertiary/aromatic N) is 3. The van der Waals surface area contributed by atoms with Gasteiger partial charge in [-0.1, -0.05) is 30.3 Å². The molecule has 0 radical (unpaired) electrons.